The molecule has 5 heteroatoms. The lowest BCUT2D eigenvalue weighted by atomic mass is 10.2. The zero-order chi connectivity index (χ0) is 14.0. The van der Waals surface area contributed by atoms with E-state index in [0.29, 0.717) is 5.75 Å². The van der Waals surface area contributed by atoms with Crippen LogP contribution >= 0.6 is 0 Å². The number of benzene rings is 1. The van der Waals surface area contributed by atoms with E-state index in [1.807, 2.05) is 49.7 Å². The summed E-state index contributed by atoms with van der Waals surface area (Å²) in [5, 5.41) is 4.37. The molecule has 0 aliphatic heterocycles. The van der Waals surface area contributed by atoms with Crippen molar-refractivity contribution in [3.05, 3.63) is 41.2 Å². The number of rotatable bonds is 4. The summed E-state index contributed by atoms with van der Waals surface area (Å²) in [6, 6.07) is 7.53. The summed E-state index contributed by atoms with van der Waals surface area (Å²) in [6.07, 6.45) is 0. The van der Waals surface area contributed by atoms with Crippen LogP contribution < -0.4 is 5.73 Å². The van der Waals surface area contributed by atoms with Crippen LogP contribution in [0.25, 0.3) is 0 Å². The van der Waals surface area contributed by atoms with Gasteiger partial charge < -0.3 is 5.73 Å². The van der Waals surface area contributed by atoms with E-state index in [-0.39, 0.29) is 0 Å². The molecular formula is C14H19N3OS. The average molecular weight is 277 g/mol. The van der Waals surface area contributed by atoms with Gasteiger partial charge in [0.2, 0.25) is 0 Å². The van der Waals surface area contributed by atoms with Gasteiger partial charge in [-0.05, 0) is 50.6 Å². The van der Waals surface area contributed by atoms with Crippen LogP contribution in [0.15, 0.2) is 29.2 Å². The first-order chi connectivity index (χ1) is 9.01. The van der Waals surface area contributed by atoms with E-state index >= 15 is 0 Å². The SMILES string of the molecule is CCn1nc(C)cc1CS(=O)c1ccc(N)c(C)c1. The van der Waals surface area contributed by atoms with Gasteiger partial charge in [0.15, 0.2) is 0 Å². The van der Waals surface area contributed by atoms with Crippen LogP contribution in [0.5, 0.6) is 0 Å². The molecule has 19 heavy (non-hydrogen) atoms. The maximum atomic E-state index is 12.4. The van der Waals surface area contributed by atoms with Crippen molar-refractivity contribution in [2.75, 3.05) is 5.73 Å². The Bertz CT molecular complexity index is 619. The summed E-state index contributed by atoms with van der Waals surface area (Å²) in [6.45, 7) is 6.70. The molecule has 1 atom stereocenters. The Balaban J connectivity index is 2.22. The zero-order valence-electron chi connectivity index (χ0n) is 11.5. The molecule has 1 aromatic heterocycles. The lowest BCUT2D eigenvalue weighted by molar-refractivity contribution is 0.627. The number of nitrogen functional groups attached to an aromatic ring is 1. The minimum atomic E-state index is -1.07. The Kier molecular flexibility index (Phi) is 4.04. The molecule has 2 rings (SSSR count). The fourth-order valence-electron chi connectivity index (χ4n) is 2.00. The smallest absolute Gasteiger partial charge is 0.0702 e. The van der Waals surface area contributed by atoms with E-state index in [4.69, 9.17) is 5.73 Å². The Morgan fingerprint density at radius 2 is 2.05 bits per heavy atom. The highest BCUT2D eigenvalue weighted by molar-refractivity contribution is 7.84. The maximum Gasteiger partial charge on any atom is 0.0702 e. The van der Waals surface area contributed by atoms with Gasteiger partial charge in [0, 0.05) is 17.1 Å². The Hall–Kier alpha value is -1.62. The van der Waals surface area contributed by atoms with Crippen LogP contribution in [0.3, 0.4) is 0 Å². The molecule has 0 aliphatic rings. The van der Waals surface area contributed by atoms with E-state index in [2.05, 4.69) is 5.10 Å². The Morgan fingerprint density at radius 3 is 2.68 bits per heavy atom. The normalized spacial score (nSPS) is 12.6. The van der Waals surface area contributed by atoms with Crippen molar-refractivity contribution in [1.82, 2.24) is 9.78 Å². The number of hydrogen-bond donors (Lipinski definition) is 1. The molecule has 2 N–H and O–H groups in total. The molecule has 0 spiro atoms. The third-order valence-electron chi connectivity index (χ3n) is 3.07. The van der Waals surface area contributed by atoms with Gasteiger partial charge in [-0.15, -0.1) is 0 Å². The quantitative estimate of drug-likeness (QED) is 0.873. The van der Waals surface area contributed by atoms with E-state index < -0.39 is 10.8 Å². The summed E-state index contributed by atoms with van der Waals surface area (Å²) in [5.41, 5.74) is 9.44. The van der Waals surface area contributed by atoms with Gasteiger partial charge >= 0.3 is 0 Å². The zero-order valence-corrected chi connectivity index (χ0v) is 12.3. The molecule has 102 valence electrons. The fourth-order valence-corrected chi connectivity index (χ4v) is 3.19. The first kappa shape index (κ1) is 13.8. The van der Waals surface area contributed by atoms with Crippen LogP contribution in [-0.4, -0.2) is 14.0 Å². The molecular weight excluding hydrogens is 258 g/mol. The lowest BCUT2D eigenvalue weighted by Crippen LogP contribution is -2.06. The minimum absolute atomic E-state index is 0.484. The summed E-state index contributed by atoms with van der Waals surface area (Å²) in [5.74, 6) is 0.484. The van der Waals surface area contributed by atoms with E-state index in [9.17, 15) is 4.21 Å². The number of hydrogen-bond acceptors (Lipinski definition) is 3. The van der Waals surface area contributed by atoms with Gasteiger partial charge in [-0.25, -0.2) is 0 Å². The van der Waals surface area contributed by atoms with Gasteiger partial charge in [-0.2, -0.15) is 5.10 Å². The van der Waals surface area contributed by atoms with Gasteiger partial charge in [-0.3, -0.25) is 8.89 Å². The third-order valence-corrected chi connectivity index (χ3v) is 4.41. The standard InChI is InChI=1S/C14H19N3OS/c1-4-17-12(8-11(3)16-17)9-19(18)13-5-6-14(15)10(2)7-13/h5-8H,4,9,15H2,1-3H3. The van der Waals surface area contributed by atoms with Crippen LogP contribution in [0.1, 0.15) is 23.9 Å². The van der Waals surface area contributed by atoms with E-state index in [1.165, 1.54) is 0 Å². The topological polar surface area (TPSA) is 60.9 Å². The molecule has 0 aliphatic carbocycles. The fraction of sp³-hybridized carbons (Fsp3) is 0.357. The number of nitrogens with zero attached hydrogens (tertiary/aromatic N) is 2. The van der Waals surface area contributed by atoms with Crippen LogP contribution in [-0.2, 0) is 23.1 Å². The van der Waals surface area contributed by atoms with Crippen molar-refractivity contribution >= 4 is 16.5 Å². The maximum absolute atomic E-state index is 12.4. The predicted octanol–water partition coefficient (Wildman–Crippen LogP) is 2.41. The molecule has 0 bridgehead atoms. The summed E-state index contributed by atoms with van der Waals surface area (Å²) < 4.78 is 14.3. The summed E-state index contributed by atoms with van der Waals surface area (Å²) in [4.78, 5) is 0.813. The van der Waals surface area contributed by atoms with Crippen molar-refractivity contribution in [3.63, 3.8) is 0 Å². The molecule has 0 saturated heterocycles. The van der Waals surface area contributed by atoms with E-state index in [0.717, 1.165) is 34.1 Å². The molecule has 1 unspecified atom stereocenters. The molecule has 2 aromatic rings. The molecule has 0 amide bonds. The third kappa shape index (κ3) is 3.04. The highest BCUT2D eigenvalue weighted by Gasteiger charge is 2.11. The second-order valence-corrected chi connectivity index (χ2v) is 6.05. The van der Waals surface area contributed by atoms with Gasteiger partial charge in [-0.1, -0.05) is 0 Å². The van der Waals surface area contributed by atoms with Crippen molar-refractivity contribution in [2.45, 2.75) is 38.0 Å². The van der Waals surface area contributed by atoms with Gasteiger partial charge in [0.05, 0.1) is 27.9 Å². The highest BCUT2D eigenvalue weighted by Crippen LogP contribution is 2.18. The molecule has 4 nitrogen and oxygen atoms in total. The number of anilines is 1. The minimum Gasteiger partial charge on any atom is -0.399 e. The van der Waals surface area contributed by atoms with Crippen molar-refractivity contribution < 1.29 is 4.21 Å². The predicted molar refractivity (Wildman–Crippen MR) is 78.3 cm³/mol. The molecule has 0 saturated carbocycles. The average Bonchev–Trinajstić information content (AvgIpc) is 2.72. The van der Waals surface area contributed by atoms with Gasteiger partial charge in [0.1, 0.15) is 0 Å². The van der Waals surface area contributed by atoms with E-state index in [1.54, 1.807) is 0 Å². The molecule has 1 aromatic carbocycles. The number of nitrogens with two attached hydrogens (primary N) is 1. The molecule has 0 radical (unpaired) electrons. The van der Waals surface area contributed by atoms with Crippen LogP contribution in [0.4, 0.5) is 5.69 Å². The Labute approximate surface area is 116 Å². The lowest BCUT2D eigenvalue weighted by Gasteiger charge is -2.07. The first-order valence-electron chi connectivity index (χ1n) is 6.29. The van der Waals surface area contributed by atoms with Crippen molar-refractivity contribution in [1.29, 1.82) is 0 Å². The molecule has 0 fully saturated rings. The highest BCUT2D eigenvalue weighted by atomic mass is 32.2. The summed E-state index contributed by atoms with van der Waals surface area (Å²) >= 11 is 0. The second-order valence-electron chi connectivity index (χ2n) is 4.60. The molecule has 1 heterocycles. The van der Waals surface area contributed by atoms with Crippen LogP contribution in [0.2, 0.25) is 0 Å². The summed E-state index contributed by atoms with van der Waals surface area (Å²) in [7, 11) is -1.07. The van der Waals surface area contributed by atoms with Crippen molar-refractivity contribution in [2.24, 2.45) is 0 Å². The number of aromatic nitrogens is 2. The van der Waals surface area contributed by atoms with Crippen LogP contribution in [0, 0.1) is 13.8 Å². The van der Waals surface area contributed by atoms with Crippen molar-refractivity contribution in [3.8, 4) is 0 Å². The Morgan fingerprint density at radius 1 is 1.32 bits per heavy atom. The largest absolute Gasteiger partial charge is 0.399 e. The monoisotopic (exact) mass is 277 g/mol. The first-order valence-corrected chi connectivity index (χ1v) is 7.61. The second kappa shape index (κ2) is 5.57. The van der Waals surface area contributed by atoms with Gasteiger partial charge in [0.25, 0.3) is 0 Å². The number of aryl methyl sites for hydroxylation is 3.